The molecule has 33 heavy (non-hydrogen) atoms. The zero-order chi connectivity index (χ0) is 23.5. The number of carbonyl (C=O) groups excluding carboxylic acids is 1. The molecule has 0 amide bonds. The fraction of sp³-hybridized carbons (Fsp3) is 0.154. The van der Waals surface area contributed by atoms with Gasteiger partial charge in [-0.2, -0.15) is 10.4 Å². The van der Waals surface area contributed by atoms with Crippen LogP contribution in [0, 0.1) is 11.3 Å². The average molecular weight is 439 g/mol. The number of benzene rings is 3. The van der Waals surface area contributed by atoms with Gasteiger partial charge in [0, 0.05) is 23.9 Å². The van der Waals surface area contributed by atoms with Gasteiger partial charge in [-0.15, -0.1) is 0 Å². The molecule has 0 unspecified atom stereocenters. The van der Waals surface area contributed by atoms with Gasteiger partial charge in [0.1, 0.15) is 5.75 Å². The standard InChI is InChI=1S/C26H21N3O4/c1-3-29-25-10-16(14-27)4-8-22(25)24(28-29)13-17-5-6-18(26(31)32)12-23(17)21-9-7-20(33-2)11-19(21)15-30/h4-12,15H,3,13H2,1-2H3,(H,31,32). The molecule has 1 aromatic heterocycles. The van der Waals surface area contributed by atoms with Crippen molar-refractivity contribution in [3.8, 4) is 22.9 Å². The zero-order valence-electron chi connectivity index (χ0n) is 18.2. The number of aldehydes is 1. The number of aromatic nitrogens is 2. The van der Waals surface area contributed by atoms with Gasteiger partial charge in [0.25, 0.3) is 0 Å². The topological polar surface area (TPSA) is 105 Å². The second-order valence-corrected chi connectivity index (χ2v) is 7.53. The number of fused-ring (bicyclic) bond motifs is 1. The molecular formula is C26H21N3O4. The largest absolute Gasteiger partial charge is 0.497 e. The molecule has 7 nitrogen and oxygen atoms in total. The number of aromatic carboxylic acids is 1. The zero-order valence-corrected chi connectivity index (χ0v) is 18.2. The number of carbonyl (C=O) groups is 2. The molecule has 0 saturated heterocycles. The number of hydrogen-bond donors (Lipinski definition) is 1. The number of rotatable bonds is 7. The molecule has 4 rings (SSSR count). The summed E-state index contributed by atoms with van der Waals surface area (Å²) in [4.78, 5) is 23.5. The third-order valence-electron chi connectivity index (χ3n) is 5.65. The number of nitriles is 1. The van der Waals surface area contributed by atoms with Crippen molar-refractivity contribution in [1.29, 1.82) is 5.26 Å². The Kier molecular flexibility index (Phi) is 5.92. The van der Waals surface area contributed by atoms with Crippen LogP contribution in [-0.2, 0) is 13.0 Å². The van der Waals surface area contributed by atoms with E-state index in [-0.39, 0.29) is 5.56 Å². The van der Waals surface area contributed by atoms with E-state index in [9.17, 15) is 20.0 Å². The first-order valence-corrected chi connectivity index (χ1v) is 10.4. The Labute approximate surface area is 190 Å². The summed E-state index contributed by atoms with van der Waals surface area (Å²) in [5.41, 5.74) is 4.87. The van der Waals surface area contributed by atoms with Crippen molar-refractivity contribution in [3.05, 3.63) is 82.5 Å². The van der Waals surface area contributed by atoms with E-state index in [2.05, 4.69) is 6.07 Å². The molecule has 0 radical (unpaired) electrons. The van der Waals surface area contributed by atoms with Crippen LogP contribution in [0.3, 0.4) is 0 Å². The van der Waals surface area contributed by atoms with Crippen molar-refractivity contribution in [1.82, 2.24) is 9.78 Å². The van der Waals surface area contributed by atoms with E-state index >= 15 is 0 Å². The van der Waals surface area contributed by atoms with Crippen molar-refractivity contribution < 1.29 is 19.4 Å². The van der Waals surface area contributed by atoms with E-state index < -0.39 is 5.97 Å². The van der Waals surface area contributed by atoms with Crippen LogP contribution in [0.1, 0.15) is 44.5 Å². The molecule has 164 valence electrons. The van der Waals surface area contributed by atoms with E-state index in [0.717, 1.165) is 28.4 Å². The smallest absolute Gasteiger partial charge is 0.335 e. The molecule has 0 aliphatic heterocycles. The van der Waals surface area contributed by atoms with Crippen LogP contribution < -0.4 is 4.74 Å². The number of methoxy groups -OCH3 is 1. The van der Waals surface area contributed by atoms with Gasteiger partial charge < -0.3 is 9.84 Å². The molecule has 0 aliphatic rings. The van der Waals surface area contributed by atoms with Crippen molar-refractivity contribution >= 4 is 23.2 Å². The molecule has 0 atom stereocenters. The molecule has 1 N–H and O–H groups in total. The molecule has 0 aliphatic carbocycles. The summed E-state index contributed by atoms with van der Waals surface area (Å²) < 4.78 is 7.08. The first kappa shape index (κ1) is 21.8. The normalized spacial score (nSPS) is 10.7. The Morgan fingerprint density at radius 1 is 1.15 bits per heavy atom. The lowest BCUT2D eigenvalue weighted by Gasteiger charge is -2.13. The maximum absolute atomic E-state index is 11.8. The summed E-state index contributed by atoms with van der Waals surface area (Å²) in [6, 6.07) is 17.6. The Morgan fingerprint density at radius 2 is 1.97 bits per heavy atom. The highest BCUT2D eigenvalue weighted by Gasteiger charge is 2.17. The SMILES string of the molecule is CCn1nc(Cc2ccc(C(=O)O)cc2-c2ccc(OC)cc2C=O)c2ccc(C#N)cc21. The molecule has 0 fully saturated rings. The van der Waals surface area contributed by atoms with Crippen LogP contribution in [0.2, 0.25) is 0 Å². The quantitative estimate of drug-likeness (QED) is 0.418. The number of hydrogen-bond acceptors (Lipinski definition) is 5. The lowest BCUT2D eigenvalue weighted by atomic mass is 9.91. The lowest BCUT2D eigenvalue weighted by molar-refractivity contribution is 0.0696. The summed E-state index contributed by atoms with van der Waals surface area (Å²) in [5, 5.41) is 24.5. The van der Waals surface area contributed by atoms with Gasteiger partial charge >= 0.3 is 5.97 Å². The third-order valence-corrected chi connectivity index (χ3v) is 5.65. The molecule has 0 spiro atoms. The van der Waals surface area contributed by atoms with Gasteiger partial charge in [0.05, 0.1) is 35.5 Å². The van der Waals surface area contributed by atoms with Gasteiger partial charge in [-0.05, 0) is 72.1 Å². The van der Waals surface area contributed by atoms with E-state index in [4.69, 9.17) is 9.84 Å². The second-order valence-electron chi connectivity index (χ2n) is 7.53. The van der Waals surface area contributed by atoms with Gasteiger partial charge in [0.15, 0.2) is 6.29 Å². The van der Waals surface area contributed by atoms with Crippen LogP contribution in [0.15, 0.2) is 54.6 Å². The third kappa shape index (κ3) is 4.06. The van der Waals surface area contributed by atoms with Gasteiger partial charge in [0.2, 0.25) is 0 Å². The number of aryl methyl sites for hydroxylation is 1. The minimum absolute atomic E-state index is 0.129. The molecule has 4 aromatic rings. The van der Waals surface area contributed by atoms with E-state index in [0.29, 0.717) is 41.0 Å². The maximum atomic E-state index is 11.8. The highest BCUT2D eigenvalue weighted by atomic mass is 16.5. The Hall–Kier alpha value is -4.44. The number of nitrogens with zero attached hydrogens (tertiary/aromatic N) is 3. The molecule has 0 bridgehead atoms. The van der Waals surface area contributed by atoms with E-state index in [1.165, 1.54) is 7.11 Å². The van der Waals surface area contributed by atoms with Crippen LogP contribution in [0.5, 0.6) is 5.75 Å². The Bertz CT molecular complexity index is 1430. The minimum atomic E-state index is -1.05. The van der Waals surface area contributed by atoms with Crippen molar-refractivity contribution in [2.45, 2.75) is 19.9 Å². The van der Waals surface area contributed by atoms with E-state index in [1.54, 1.807) is 42.5 Å². The van der Waals surface area contributed by atoms with Gasteiger partial charge in [-0.25, -0.2) is 4.79 Å². The van der Waals surface area contributed by atoms with Crippen molar-refractivity contribution in [2.24, 2.45) is 0 Å². The van der Waals surface area contributed by atoms with Crippen LogP contribution in [0.4, 0.5) is 0 Å². The summed E-state index contributed by atoms with van der Waals surface area (Å²) in [6.45, 7) is 2.63. The van der Waals surface area contributed by atoms with Gasteiger partial charge in [-0.1, -0.05) is 6.07 Å². The summed E-state index contributed by atoms with van der Waals surface area (Å²) >= 11 is 0. The molecule has 3 aromatic carbocycles. The number of carboxylic acids is 1. The van der Waals surface area contributed by atoms with Crippen LogP contribution in [-0.4, -0.2) is 34.3 Å². The summed E-state index contributed by atoms with van der Waals surface area (Å²) in [7, 11) is 1.52. The number of carboxylic acid groups (broad SMARTS) is 1. The predicted octanol–water partition coefficient (Wildman–Crippen LogP) is 4.70. The Morgan fingerprint density at radius 3 is 2.64 bits per heavy atom. The van der Waals surface area contributed by atoms with Crippen LogP contribution >= 0.6 is 0 Å². The summed E-state index contributed by atoms with van der Waals surface area (Å²) in [5.74, 6) is -0.508. The monoisotopic (exact) mass is 439 g/mol. The molecule has 7 heteroatoms. The Balaban J connectivity index is 1.89. The lowest BCUT2D eigenvalue weighted by Crippen LogP contribution is -2.02. The molecular weight excluding hydrogens is 418 g/mol. The minimum Gasteiger partial charge on any atom is -0.497 e. The average Bonchev–Trinajstić information content (AvgIpc) is 3.20. The summed E-state index contributed by atoms with van der Waals surface area (Å²) in [6.07, 6.45) is 1.16. The van der Waals surface area contributed by atoms with Crippen molar-refractivity contribution in [2.75, 3.05) is 7.11 Å². The number of ether oxygens (including phenoxy) is 1. The highest BCUT2D eigenvalue weighted by molar-refractivity contribution is 5.94. The first-order valence-electron chi connectivity index (χ1n) is 10.4. The fourth-order valence-corrected chi connectivity index (χ4v) is 3.99. The molecule has 0 saturated carbocycles. The van der Waals surface area contributed by atoms with E-state index in [1.807, 2.05) is 23.7 Å². The molecule has 1 heterocycles. The maximum Gasteiger partial charge on any atom is 0.335 e. The fourth-order valence-electron chi connectivity index (χ4n) is 3.99. The van der Waals surface area contributed by atoms with Crippen LogP contribution in [0.25, 0.3) is 22.0 Å². The van der Waals surface area contributed by atoms with Gasteiger partial charge in [-0.3, -0.25) is 9.48 Å². The second kappa shape index (κ2) is 8.97. The van der Waals surface area contributed by atoms with Crippen molar-refractivity contribution in [3.63, 3.8) is 0 Å². The first-order chi connectivity index (χ1) is 16.0. The predicted molar refractivity (Wildman–Crippen MR) is 124 cm³/mol. The highest BCUT2D eigenvalue weighted by Crippen LogP contribution is 2.33.